The average Bonchev–Trinajstić information content (AvgIpc) is 3.01. The van der Waals surface area contributed by atoms with Crippen molar-refractivity contribution < 1.29 is 19.0 Å². The molecular weight excluding hydrogens is 420 g/mol. The molecule has 2 aliphatic heterocycles. The first-order chi connectivity index (χ1) is 12.6. The van der Waals surface area contributed by atoms with Crippen LogP contribution in [-0.2, 0) is 6.42 Å². The summed E-state index contributed by atoms with van der Waals surface area (Å²) in [6, 6.07) is 3.47. The summed E-state index contributed by atoms with van der Waals surface area (Å²) in [7, 11) is 1.58. The Bertz CT molecular complexity index is 855. The minimum absolute atomic E-state index is 0.101. The van der Waals surface area contributed by atoms with Crippen molar-refractivity contribution in [2.75, 3.05) is 18.6 Å². The highest BCUT2D eigenvalue weighted by molar-refractivity contribution is 9.10. The fourth-order valence-corrected chi connectivity index (χ4v) is 4.59. The molecule has 0 radical (unpaired) electrons. The number of Topliss-reactive ketones (excluding diaryl/α,β-unsaturated/α-hetero) is 1. The molecule has 1 spiro atoms. The second kappa shape index (κ2) is 7.08. The fraction of sp³-hybridized carbons (Fsp3) is 0.389. The number of ether oxygens (including phenoxy) is 3. The van der Waals surface area contributed by atoms with E-state index in [0.29, 0.717) is 33.1 Å². The second-order valence-corrected chi connectivity index (χ2v) is 8.07. The Morgan fingerprint density at radius 2 is 1.96 bits per heavy atom. The van der Waals surface area contributed by atoms with Crippen molar-refractivity contribution in [3.05, 3.63) is 40.4 Å². The molecule has 26 heavy (non-hydrogen) atoms. The molecule has 0 aliphatic carbocycles. The van der Waals surface area contributed by atoms with Gasteiger partial charge in [-0.05, 0) is 28.1 Å². The summed E-state index contributed by atoms with van der Waals surface area (Å²) < 4.78 is 18.4. The Morgan fingerprint density at radius 3 is 2.69 bits per heavy atom. The minimum atomic E-state index is -0.690. The summed E-state index contributed by atoms with van der Waals surface area (Å²) in [5.74, 6) is 2.70. The second-order valence-electron chi connectivity index (χ2n) is 6.09. The Balaban J connectivity index is 1.67. The van der Waals surface area contributed by atoms with Crippen LogP contribution in [0.3, 0.4) is 0 Å². The number of methoxy groups -OCH3 is 1. The number of rotatable bonds is 4. The zero-order chi connectivity index (χ0) is 18.1. The maximum atomic E-state index is 12.9. The van der Waals surface area contributed by atoms with E-state index in [1.54, 1.807) is 31.6 Å². The molecule has 1 aromatic carbocycles. The van der Waals surface area contributed by atoms with Gasteiger partial charge in [-0.15, -0.1) is 0 Å². The molecule has 0 N–H and O–H groups in total. The first-order valence-corrected chi connectivity index (χ1v) is 10.2. The van der Waals surface area contributed by atoms with Crippen LogP contribution in [-0.4, -0.2) is 40.2 Å². The predicted octanol–water partition coefficient (Wildman–Crippen LogP) is 3.67. The van der Waals surface area contributed by atoms with Gasteiger partial charge in [0.2, 0.25) is 5.75 Å². The van der Waals surface area contributed by atoms with Gasteiger partial charge < -0.3 is 14.2 Å². The molecule has 0 saturated carbocycles. The lowest BCUT2D eigenvalue weighted by Crippen LogP contribution is -2.42. The third-order valence-electron chi connectivity index (χ3n) is 4.48. The van der Waals surface area contributed by atoms with Gasteiger partial charge >= 0.3 is 0 Å². The van der Waals surface area contributed by atoms with Gasteiger partial charge in [0, 0.05) is 36.7 Å². The summed E-state index contributed by atoms with van der Waals surface area (Å²) in [4.78, 5) is 21.3. The van der Waals surface area contributed by atoms with Crippen LogP contribution in [0.15, 0.2) is 29.1 Å². The van der Waals surface area contributed by atoms with Crippen LogP contribution in [0.1, 0.15) is 28.9 Å². The van der Waals surface area contributed by atoms with Crippen LogP contribution >= 0.6 is 27.7 Å². The summed E-state index contributed by atoms with van der Waals surface area (Å²) in [6.07, 6.45) is 4.82. The Kier molecular flexibility index (Phi) is 4.79. The van der Waals surface area contributed by atoms with E-state index in [0.717, 1.165) is 24.3 Å². The molecule has 0 atom stereocenters. The van der Waals surface area contributed by atoms with Gasteiger partial charge in [0.15, 0.2) is 17.3 Å². The summed E-state index contributed by atoms with van der Waals surface area (Å²) in [5, 5.41) is 0. The van der Waals surface area contributed by atoms with E-state index in [9.17, 15) is 4.79 Å². The molecule has 1 aromatic heterocycles. The van der Waals surface area contributed by atoms with Crippen molar-refractivity contribution in [1.82, 2.24) is 9.97 Å². The van der Waals surface area contributed by atoms with Gasteiger partial charge in [-0.25, -0.2) is 4.98 Å². The standard InChI is InChI=1S/C18H17BrN2O4S/c1-23-14-3-2-11(13(22)10-12-17(19)21-7-6-20-12)15-16(14)25-18(24-15)4-8-26-9-5-18/h2-3,6-7H,4-5,8-10H2,1H3. The van der Waals surface area contributed by atoms with Gasteiger partial charge in [0.25, 0.3) is 5.79 Å². The molecule has 2 aliphatic rings. The summed E-state index contributed by atoms with van der Waals surface area (Å²) >= 11 is 5.22. The molecule has 0 amide bonds. The molecule has 0 unspecified atom stereocenters. The SMILES string of the molecule is COc1ccc(C(=O)Cc2nccnc2Br)c2c1OC1(CCSCC1)O2. The van der Waals surface area contributed by atoms with Crippen molar-refractivity contribution in [3.63, 3.8) is 0 Å². The van der Waals surface area contributed by atoms with E-state index in [-0.39, 0.29) is 12.2 Å². The summed E-state index contributed by atoms with van der Waals surface area (Å²) in [6.45, 7) is 0. The number of nitrogens with zero attached hydrogens (tertiary/aromatic N) is 2. The van der Waals surface area contributed by atoms with E-state index in [2.05, 4.69) is 25.9 Å². The molecule has 3 heterocycles. The van der Waals surface area contributed by atoms with Crippen molar-refractivity contribution >= 4 is 33.5 Å². The lowest BCUT2D eigenvalue weighted by molar-refractivity contribution is -0.0852. The van der Waals surface area contributed by atoms with Gasteiger partial charge in [-0.3, -0.25) is 9.78 Å². The fourth-order valence-electron chi connectivity index (χ4n) is 3.12. The molecule has 136 valence electrons. The molecule has 2 aromatic rings. The Labute approximate surface area is 163 Å². The third kappa shape index (κ3) is 3.16. The van der Waals surface area contributed by atoms with Gasteiger partial charge in [0.1, 0.15) is 4.60 Å². The summed E-state index contributed by atoms with van der Waals surface area (Å²) in [5.41, 5.74) is 1.07. The number of aromatic nitrogens is 2. The lowest BCUT2D eigenvalue weighted by Gasteiger charge is -2.31. The number of fused-ring (bicyclic) bond motifs is 1. The number of halogens is 1. The van der Waals surface area contributed by atoms with Crippen LogP contribution in [0.5, 0.6) is 17.2 Å². The van der Waals surface area contributed by atoms with E-state index >= 15 is 0 Å². The highest BCUT2D eigenvalue weighted by Crippen LogP contribution is 2.51. The van der Waals surface area contributed by atoms with E-state index in [4.69, 9.17) is 14.2 Å². The number of hydrogen-bond donors (Lipinski definition) is 0. The molecular formula is C18H17BrN2O4S. The van der Waals surface area contributed by atoms with Gasteiger partial charge in [-0.2, -0.15) is 11.8 Å². The highest BCUT2D eigenvalue weighted by Gasteiger charge is 2.45. The molecule has 1 saturated heterocycles. The van der Waals surface area contributed by atoms with E-state index in [1.165, 1.54) is 0 Å². The topological polar surface area (TPSA) is 70.5 Å². The van der Waals surface area contributed by atoms with E-state index < -0.39 is 5.79 Å². The third-order valence-corrected chi connectivity index (χ3v) is 6.13. The number of ketones is 1. The number of carbonyl (C=O) groups excluding carboxylic acids is 1. The number of carbonyl (C=O) groups is 1. The van der Waals surface area contributed by atoms with Crippen LogP contribution in [0, 0.1) is 0 Å². The van der Waals surface area contributed by atoms with Crippen molar-refractivity contribution in [1.29, 1.82) is 0 Å². The number of thioether (sulfide) groups is 1. The molecule has 1 fully saturated rings. The van der Waals surface area contributed by atoms with Gasteiger partial charge in [0.05, 0.1) is 24.8 Å². The van der Waals surface area contributed by atoms with Crippen LogP contribution in [0.4, 0.5) is 0 Å². The quantitative estimate of drug-likeness (QED) is 0.676. The normalized spacial score (nSPS) is 17.3. The zero-order valence-corrected chi connectivity index (χ0v) is 16.6. The first kappa shape index (κ1) is 17.6. The monoisotopic (exact) mass is 436 g/mol. The first-order valence-electron chi connectivity index (χ1n) is 8.27. The predicted molar refractivity (Wildman–Crippen MR) is 101 cm³/mol. The number of hydrogen-bond acceptors (Lipinski definition) is 7. The lowest BCUT2D eigenvalue weighted by atomic mass is 10.0. The maximum absolute atomic E-state index is 12.9. The van der Waals surface area contributed by atoms with Crippen molar-refractivity contribution in [2.45, 2.75) is 25.0 Å². The number of benzene rings is 1. The van der Waals surface area contributed by atoms with Crippen molar-refractivity contribution in [3.8, 4) is 17.2 Å². The highest BCUT2D eigenvalue weighted by atomic mass is 79.9. The largest absolute Gasteiger partial charge is 0.493 e. The molecule has 6 nitrogen and oxygen atoms in total. The van der Waals surface area contributed by atoms with Crippen molar-refractivity contribution in [2.24, 2.45) is 0 Å². The van der Waals surface area contributed by atoms with Gasteiger partial charge in [-0.1, -0.05) is 0 Å². The smallest absolute Gasteiger partial charge is 0.253 e. The Morgan fingerprint density at radius 1 is 1.23 bits per heavy atom. The minimum Gasteiger partial charge on any atom is -0.493 e. The average molecular weight is 437 g/mol. The van der Waals surface area contributed by atoms with Crippen LogP contribution in [0.2, 0.25) is 0 Å². The molecule has 8 heteroatoms. The molecule has 0 bridgehead atoms. The van der Waals surface area contributed by atoms with Crippen LogP contribution < -0.4 is 14.2 Å². The zero-order valence-electron chi connectivity index (χ0n) is 14.2. The Hall–Kier alpha value is -1.80. The molecule has 4 rings (SSSR count). The van der Waals surface area contributed by atoms with Crippen LogP contribution in [0.25, 0.3) is 0 Å². The maximum Gasteiger partial charge on any atom is 0.253 e. The van der Waals surface area contributed by atoms with E-state index in [1.807, 2.05) is 11.8 Å².